The molecule has 2 aromatic carbocycles. The first kappa shape index (κ1) is 16.2. The van der Waals surface area contributed by atoms with E-state index in [0.717, 1.165) is 45.7 Å². The zero-order valence-corrected chi connectivity index (χ0v) is 14.6. The smallest absolute Gasteiger partial charge is 0.237 e. The summed E-state index contributed by atoms with van der Waals surface area (Å²) in [5.74, 6) is 0.266. The van der Waals surface area contributed by atoms with Crippen LogP contribution in [0.4, 0.5) is 5.69 Å². The average Bonchev–Trinajstić information content (AvgIpc) is 2.69. The molecule has 0 aromatic heterocycles. The molecule has 25 heavy (non-hydrogen) atoms. The molecular weight excluding hydrogens is 310 g/mol. The number of hydrogen-bond acceptors (Lipinski definition) is 3. The molecule has 0 N–H and O–H groups in total. The van der Waals surface area contributed by atoms with Gasteiger partial charge >= 0.3 is 0 Å². The van der Waals surface area contributed by atoms with Gasteiger partial charge in [-0.25, -0.2) is 0 Å². The van der Waals surface area contributed by atoms with Gasteiger partial charge < -0.3 is 9.80 Å². The van der Waals surface area contributed by atoms with Gasteiger partial charge in [0.05, 0.1) is 6.54 Å². The summed E-state index contributed by atoms with van der Waals surface area (Å²) < 4.78 is 0. The molecule has 1 saturated heterocycles. The molecule has 0 aliphatic carbocycles. The van der Waals surface area contributed by atoms with Crippen molar-refractivity contribution >= 4 is 11.6 Å². The zero-order valence-electron chi connectivity index (χ0n) is 14.6. The van der Waals surface area contributed by atoms with Crippen molar-refractivity contribution in [2.24, 2.45) is 0 Å². The first-order valence-corrected chi connectivity index (χ1v) is 9.16. The third-order valence-electron chi connectivity index (χ3n) is 5.34. The molecule has 0 atom stereocenters. The number of carbonyl (C=O) groups is 1. The normalized spacial score (nSPS) is 18.1. The zero-order chi connectivity index (χ0) is 17.1. The number of carbonyl (C=O) groups excluding carboxylic acids is 1. The van der Waals surface area contributed by atoms with E-state index in [0.29, 0.717) is 6.54 Å². The molecule has 0 saturated carbocycles. The van der Waals surface area contributed by atoms with Gasteiger partial charge in [0.15, 0.2) is 0 Å². The fourth-order valence-corrected chi connectivity index (χ4v) is 3.80. The minimum atomic E-state index is 0.266. The molecule has 0 bridgehead atoms. The van der Waals surface area contributed by atoms with Crippen molar-refractivity contribution in [1.82, 2.24) is 9.80 Å². The molecule has 2 aromatic rings. The number of piperazine rings is 1. The van der Waals surface area contributed by atoms with E-state index in [1.54, 1.807) is 0 Å². The highest BCUT2D eigenvalue weighted by molar-refractivity contribution is 5.78. The van der Waals surface area contributed by atoms with Crippen molar-refractivity contribution in [3.05, 3.63) is 65.7 Å². The van der Waals surface area contributed by atoms with Gasteiger partial charge in [-0.2, -0.15) is 0 Å². The Labute approximate surface area is 149 Å². The monoisotopic (exact) mass is 335 g/mol. The van der Waals surface area contributed by atoms with Crippen LogP contribution >= 0.6 is 0 Å². The summed E-state index contributed by atoms with van der Waals surface area (Å²) in [6.45, 7) is 6.03. The molecular formula is C21H25N3O. The fourth-order valence-electron chi connectivity index (χ4n) is 3.80. The lowest BCUT2D eigenvalue weighted by molar-refractivity contribution is -0.133. The van der Waals surface area contributed by atoms with Crippen LogP contribution in [-0.4, -0.2) is 55.0 Å². The van der Waals surface area contributed by atoms with E-state index in [-0.39, 0.29) is 5.91 Å². The largest absolute Gasteiger partial charge is 0.369 e. The number of anilines is 1. The van der Waals surface area contributed by atoms with E-state index >= 15 is 0 Å². The van der Waals surface area contributed by atoms with Gasteiger partial charge in [-0.3, -0.25) is 9.69 Å². The number of fused-ring (bicyclic) bond motifs is 1. The Balaban J connectivity index is 1.30. The molecule has 0 spiro atoms. The van der Waals surface area contributed by atoms with Gasteiger partial charge in [0.2, 0.25) is 5.91 Å². The van der Waals surface area contributed by atoms with E-state index in [2.05, 4.69) is 64.4 Å². The highest BCUT2D eigenvalue weighted by Crippen LogP contribution is 2.19. The maximum absolute atomic E-state index is 12.7. The number of benzene rings is 2. The SMILES string of the molecule is O=C(CN1CCN(c2ccccc2)CC1)N1CCc2ccccc2C1. The lowest BCUT2D eigenvalue weighted by atomic mass is 10.00. The van der Waals surface area contributed by atoms with Crippen molar-refractivity contribution in [1.29, 1.82) is 0 Å². The highest BCUT2D eigenvalue weighted by Gasteiger charge is 2.24. The molecule has 2 aliphatic heterocycles. The maximum Gasteiger partial charge on any atom is 0.237 e. The minimum absolute atomic E-state index is 0.266. The predicted molar refractivity (Wildman–Crippen MR) is 101 cm³/mol. The van der Waals surface area contributed by atoms with E-state index in [4.69, 9.17) is 0 Å². The lowest BCUT2D eigenvalue weighted by Gasteiger charge is -2.37. The lowest BCUT2D eigenvalue weighted by Crippen LogP contribution is -2.50. The summed E-state index contributed by atoms with van der Waals surface area (Å²) in [4.78, 5) is 19.4. The van der Waals surface area contributed by atoms with Crippen LogP contribution in [0.25, 0.3) is 0 Å². The van der Waals surface area contributed by atoms with Crippen LogP contribution in [0.3, 0.4) is 0 Å². The van der Waals surface area contributed by atoms with E-state index < -0.39 is 0 Å². The van der Waals surface area contributed by atoms with Gasteiger partial charge in [0, 0.05) is 45.0 Å². The second-order valence-electron chi connectivity index (χ2n) is 6.93. The first-order valence-electron chi connectivity index (χ1n) is 9.16. The van der Waals surface area contributed by atoms with Crippen molar-refractivity contribution in [3.63, 3.8) is 0 Å². The standard InChI is InChI=1S/C21H25N3O/c25-21(24-11-10-18-6-4-5-7-19(18)16-24)17-22-12-14-23(15-13-22)20-8-2-1-3-9-20/h1-9H,10-17H2. The summed E-state index contributed by atoms with van der Waals surface area (Å²) >= 11 is 0. The maximum atomic E-state index is 12.7. The summed E-state index contributed by atoms with van der Waals surface area (Å²) in [5, 5.41) is 0. The van der Waals surface area contributed by atoms with E-state index in [1.807, 2.05) is 4.90 Å². The quantitative estimate of drug-likeness (QED) is 0.862. The van der Waals surface area contributed by atoms with Gasteiger partial charge in [0.1, 0.15) is 0 Å². The number of nitrogens with zero attached hydrogens (tertiary/aromatic N) is 3. The van der Waals surface area contributed by atoms with Crippen LogP contribution in [0.1, 0.15) is 11.1 Å². The highest BCUT2D eigenvalue weighted by atomic mass is 16.2. The van der Waals surface area contributed by atoms with Gasteiger partial charge in [-0.1, -0.05) is 42.5 Å². The Morgan fingerprint density at radius 2 is 1.48 bits per heavy atom. The molecule has 0 radical (unpaired) electrons. The van der Waals surface area contributed by atoms with Crippen molar-refractivity contribution in [2.45, 2.75) is 13.0 Å². The molecule has 0 unspecified atom stereocenters. The average molecular weight is 335 g/mol. The molecule has 130 valence electrons. The molecule has 1 amide bonds. The van der Waals surface area contributed by atoms with E-state index in [1.165, 1.54) is 16.8 Å². The number of hydrogen-bond donors (Lipinski definition) is 0. The third-order valence-corrected chi connectivity index (χ3v) is 5.34. The van der Waals surface area contributed by atoms with Crippen molar-refractivity contribution in [2.75, 3.05) is 44.2 Å². The Morgan fingerprint density at radius 1 is 0.800 bits per heavy atom. The number of amides is 1. The predicted octanol–water partition coefficient (Wildman–Crippen LogP) is 2.39. The molecule has 4 rings (SSSR count). The van der Waals surface area contributed by atoms with Crippen LogP contribution in [0.2, 0.25) is 0 Å². The topological polar surface area (TPSA) is 26.8 Å². The Morgan fingerprint density at radius 3 is 2.24 bits per heavy atom. The first-order chi connectivity index (χ1) is 12.3. The number of rotatable bonds is 3. The van der Waals surface area contributed by atoms with Crippen LogP contribution in [0, 0.1) is 0 Å². The summed E-state index contributed by atoms with van der Waals surface area (Å²) in [7, 11) is 0. The molecule has 2 aliphatic rings. The van der Waals surface area contributed by atoms with Crippen LogP contribution in [0.5, 0.6) is 0 Å². The van der Waals surface area contributed by atoms with Gasteiger partial charge in [-0.15, -0.1) is 0 Å². The molecule has 4 heteroatoms. The third kappa shape index (κ3) is 3.69. The van der Waals surface area contributed by atoms with E-state index in [9.17, 15) is 4.79 Å². The molecule has 2 heterocycles. The Bertz CT molecular complexity index is 723. The van der Waals surface area contributed by atoms with Crippen LogP contribution in [-0.2, 0) is 17.8 Å². The van der Waals surface area contributed by atoms with Gasteiger partial charge in [0.25, 0.3) is 0 Å². The Kier molecular flexibility index (Phi) is 4.70. The second kappa shape index (κ2) is 7.28. The molecule has 4 nitrogen and oxygen atoms in total. The van der Waals surface area contributed by atoms with Crippen LogP contribution < -0.4 is 4.90 Å². The summed E-state index contributed by atoms with van der Waals surface area (Å²) in [5.41, 5.74) is 3.97. The van der Waals surface area contributed by atoms with Crippen molar-refractivity contribution in [3.8, 4) is 0 Å². The summed E-state index contributed by atoms with van der Waals surface area (Å²) in [6.07, 6.45) is 0.976. The minimum Gasteiger partial charge on any atom is -0.369 e. The second-order valence-corrected chi connectivity index (χ2v) is 6.93. The van der Waals surface area contributed by atoms with Crippen LogP contribution in [0.15, 0.2) is 54.6 Å². The number of para-hydroxylation sites is 1. The summed E-state index contributed by atoms with van der Waals surface area (Å²) in [6, 6.07) is 19.0. The molecule has 1 fully saturated rings. The fraction of sp³-hybridized carbons (Fsp3) is 0.381. The Hall–Kier alpha value is -2.33. The van der Waals surface area contributed by atoms with Crippen molar-refractivity contribution < 1.29 is 4.79 Å². The van der Waals surface area contributed by atoms with Gasteiger partial charge in [-0.05, 0) is 29.7 Å².